The first-order valence-electron chi connectivity index (χ1n) is 9.97. The van der Waals surface area contributed by atoms with E-state index >= 15 is 0 Å². The second-order valence-corrected chi connectivity index (χ2v) is 7.41. The van der Waals surface area contributed by atoms with Crippen LogP contribution in [-0.4, -0.2) is 18.3 Å². The molecule has 1 aliphatic carbocycles. The van der Waals surface area contributed by atoms with Gasteiger partial charge in [0.25, 0.3) is 0 Å². The number of allylic oxidation sites excluding steroid dienone is 2. The van der Waals surface area contributed by atoms with Crippen LogP contribution in [0.4, 0.5) is 5.69 Å². The highest BCUT2D eigenvalue weighted by molar-refractivity contribution is 6.07. The maximum atomic E-state index is 13.2. The monoisotopic (exact) mass is 375 g/mol. The summed E-state index contributed by atoms with van der Waals surface area (Å²) in [4.78, 5) is 27.9. The normalized spacial score (nSPS) is 19.6. The molecule has 1 unspecified atom stereocenters. The van der Waals surface area contributed by atoms with Crippen molar-refractivity contribution in [1.29, 1.82) is 0 Å². The van der Waals surface area contributed by atoms with Gasteiger partial charge in [0.05, 0.1) is 12.3 Å². The van der Waals surface area contributed by atoms with Crippen molar-refractivity contribution in [2.45, 2.75) is 45.4 Å². The number of ether oxygens (including phenoxy) is 1. The van der Waals surface area contributed by atoms with E-state index in [2.05, 4.69) is 0 Å². The fraction of sp³-hybridized carbons (Fsp3) is 0.333. The maximum Gasteiger partial charge on any atom is 0.232 e. The van der Waals surface area contributed by atoms with Crippen LogP contribution < -0.4 is 9.64 Å². The number of nitrogens with zero attached hydrogens (tertiary/aromatic N) is 1. The van der Waals surface area contributed by atoms with Gasteiger partial charge in [-0.3, -0.25) is 14.5 Å². The summed E-state index contributed by atoms with van der Waals surface area (Å²) in [5.41, 5.74) is 4.64. The van der Waals surface area contributed by atoms with Crippen molar-refractivity contribution >= 4 is 17.4 Å². The minimum Gasteiger partial charge on any atom is -0.494 e. The van der Waals surface area contributed by atoms with E-state index in [4.69, 9.17) is 4.74 Å². The molecule has 4 heteroatoms. The van der Waals surface area contributed by atoms with E-state index in [9.17, 15) is 9.59 Å². The lowest BCUT2D eigenvalue weighted by molar-refractivity contribution is -0.119. The van der Waals surface area contributed by atoms with Crippen LogP contribution in [0.1, 0.15) is 49.7 Å². The Labute approximate surface area is 165 Å². The summed E-state index contributed by atoms with van der Waals surface area (Å²) in [6.45, 7) is 4.57. The SMILES string of the molecule is CCOc1ccc(C2CC(=O)N(c3ccccc3C)C3=C2C(=O)CCC3)cc1. The molecule has 4 rings (SSSR count). The Morgan fingerprint density at radius 3 is 2.50 bits per heavy atom. The van der Waals surface area contributed by atoms with E-state index in [1.807, 2.05) is 62.4 Å². The summed E-state index contributed by atoms with van der Waals surface area (Å²) in [6.07, 6.45) is 2.42. The Morgan fingerprint density at radius 2 is 1.79 bits per heavy atom. The minimum atomic E-state index is -0.175. The van der Waals surface area contributed by atoms with Gasteiger partial charge in [0.15, 0.2) is 5.78 Å². The van der Waals surface area contributed by atoms with E-state index in [1.165, 1.54) is 0 Å². The summed E-state index contributed by atoms with van der Waals surface area (Å²) < 4.78 is 5.53. The van der Waals surface area contributed by atoms with Crippen molar-refractivity contribution in [3.05, 3.63) is 70.9 Å². The molecule has 1 atom stereocenters. The molecule has 0 radical (unpaired) electrons. The third-order valence-corrected chi connectivity index (χ3v) is 5.63. The van der Waals surface area contributed by atoms with Crippen molar-refractivity contribution in [3.63, 3.8) is 0 Å². The van der Waals surface area contributed by atoms with Gasteiger partial charge in [-0.05, 0) is 56.0 Å². The summed E-state index contributed by atoms with van der Waals surface area (Å²) in [5.74, 6) is 0.859. The van der Waals surface area contributed by atoms with Crippen LogP contribution in [0, 0.1) is 6.92 Å². The van der Waals surface area contributed by atoms with Crippen molar-refractivity contribution < 1.29 is 14.3 Å². The molecule has 0 saturated heterocycles. The number of rotatable bonds is 4. The number of amides is 1. The molecule has 1 aliphatic heterocycles. The smallest absolute Gasteiger partial charge is 0.232 e. The molecule has 0 aromatic heterocycles. The molecule has 0 bridgehead atoms. The lowest BCUT2D eigenvalue weighted by atomic mass is 9.77. The zero-order valence-corrected chi connectivity index (χ0v) is 16.4. The predicted molar refractivity (Wildman–Crippen MR) is 110 cm³/mol. The van der Waals surface area contributed by atoms with Crippen molar-refractivity contribution in [2.75, 3.05) is 11.5 Å². The number of carbonyl (C=O) groups is 2. The number of aryl methyl sites for hydroxylation is 1. The van der Waals surface area contributed by atoms with Gasteiger partial charge in [-0.25, -0.2) is 0 Å². The molecular formula is C24H25NO3. The molecule has 4 nitrogen and oxygen atoms in total. The first-order chi connectivity index (χ1) is 13.6. The van der Waals surface area contributed by atoms with Gasteiger partial charge in [-0.1, -0.05) is 30.3 Å². The molecular weight excluding hydrogens is 350 g/mol. The van der Waals surface area contributed by atoms with Gasteiger partial charge in [-0.2, -0.15) is 0 Å². The third kappa shape index (κ3) is 3.24. The molecule has 28 heavy (non-hydrogen) atoms. The Hall–Kier alpha value is -2.88. The molecule has 0 N–H and O–H groups in total. The van der Waals surface area contributed by atoms with Crippen LogP contribution in [0.2, 0.25) is 0 Å². The number of hydrogen-bond acceptors (Lipinski definition) is 3. The second kappa shape index (κ2) is 7.63. The number of para-hydroxylation sites is 1. The molecule has 144 valence electrons. The number of anilines is 1. The molecule has 1 heterocycles. The standard InChI is InChI=1S/C24H25NO3/c1-3-28-18-13-11-17(12-14-18)19-15-23(27)25(20-8-5-4-7-16(20)2)21-9-6-10-22(26)24(19)21/h4-5,7-8,11-14,19H,3,6,9-10,15H2,1-2H3. The summed E-state index contributed by atoms with van der Waals surface area (Å²) >= 11 is 0. The topological polar surface area (TPSA) is 46.6 Å². The molecule has 2 aromatic rings. The Bertz CT molecular complexity index is 943. The number of benzene rings is 2. The molecule has 1 amide bonds. The highest BCUT2D eigenvalue weighted by atomic mass is 16.5. The van der Waals surface area contributed by atoms with Crippen LogP contribution in [0.25, 0.3) is 0 Å². The first-order valence-corrected chi connectivity index (χ1v) is 9.97. The van der Waals surface area contributed by atoms with Gasteiger partial charge in [0.1, 0.15) is 5.75 Å². The van der Waals surface area contributed by atoms with Crippen molar-refractivity contribution in [2.24, 2.45) is 0 Å². The molecule has 2 aliphatic rings. The quantitative estimate of drug-likeness (QED) is 0.762. The molecule has 0 spiro atoms. The van der Waals surface area contributed by atoms with E-state index in [0.29, 0.717) is 19.4 Å². The van der Waals surface area contributed by atoms with Gasteiger partial charge < -0.3 is 4.74 Å². The largest absolute Gasteiger partial charge is 0.494 e. The van der Waals surface area contributed by atoms with Crippen molar-refractivity contribution in [3.8, 4) is 5.75 Å². The summed E-state index contributed by atoms with van der Waals surface area (Å²) in [6, 6.07) is 15.7. The van der Waals surface area contributed by atoms with Gasteiger partial charge in [0.2, 0.25) is 5.91 Å². The number of carbonyl (C=O) groups excluding carboxylic acids is 2. The number of hydrogen-bond donors (Lipinski definition) is 0. The van der Waals surface area contributed by atoms with Crippen molar-refractivity contribution in [1.82, 2.24) is 0 Å². The van der Waals surface area contributed by atoms with Crippen LogP contribution in [0.15, 0.2) is 59.8 Å². The van der Waals surface area contributed by atoms with Crippen LogP contribution in [-0.2, 0) is 9.59 Å². The zero-order valence-electron chi connectivity index (χ0n) is 16.4. The lowest BCUT2D eigenvalue weighted by Gasteiger charge is -2.39. The fourth-order valence-corrected chi connectivity index (χ4v) is 4.33. The number of ketones is 1. The zero-order chi connectivity index (χ0) is 19.7. The number of Topliss-reactive ketones (excluding diaryl/α,β-unsaturated/α-hetero) is 1. The maximum absolute atomic E-state index is 13.2. The Morgan fingerprint density at radius 1 is 1.04 bits per heavy atom. The second-order valence-electron chi connectivity index (χ2n) is 7.41. The van der Waals surface area contributed by atoms with Gasteiger partial charge >= 0.3 is 0 Å². The Balaban J connectivity index is 1.80. The average Bonchev–Trinajstić information content (AvgIpc) is 2.69. The molecule has 0 fully saturated rings. The average molecular weight is 375 g/mol. The first kappa shape index (κ1) is 18.5. The van der Waals surface area contributed by atoms with Crippen LogP contribution in [0.3, 0.4) is 0 Å². The predicted octanol–water partition coefficient (Wildman–Crippen LogP) is 4.92. The Kier molecular flexibility index (Phi) is 5.03. The van der Waals surface area contributed by atoms with E-state index in [-0.39, 0.29) is 17.6 Å². The van der Waals surface area contributed by atoms with E-state index in [0.717, 1.165) is 46.7 Å². The van der Waals surface area contributed by atoms with Gasteiger partial charge in [0, 0.05) is 30.0 Å². The fourth-order valence-electron chi connectivity index (χ4n) is 4.33. The minimum absolute atomic E-state index is 0.0571. The summed E-state index contributed by atoms with van der Waals surface area (Å²) in [5, 5.41) is 0. The lowest BCUT2D eigenvalue weighted by Crippen LogP contribution is -2.40. The van der Waals surface area contributed by atoms with E-state index in [1.54, 1.807) is 4.90 Å². The molecule has 2 aromatic carbocycles. The highest BCUT2D eigenvalue weighted by Gasteiger charge is 2.39. The van der Waals surface area contributed by atoms with Crippen LogP contribution >= 0.6 is 0 Å². The van der Waals surface area contributed by atoms with E-state index < -0.39 is 0 Å². The van der Waals surface area contributed by atoms with Crippen LogP contribution in [0.5, 0.6) is 5.75 Å². The highest BCUT2D eigenvalue weighted by Crippen LogP contribution is 2.44. The summed E-state index contributed by atoms with van der Waals surface area (Å²) in [7, 11) is 0. The van der Waals surface area contributed by atoms with Gasteiger partial charge in [-0.15, -0.1) is 0 Å². The third-order valence-electron chi connectivity index (χ3n) is 5.63. The molecule has 0 saturated carbocycles.